The summed E-state index contributed by atoms with van der Waals surface area (Å²) in [4.78, 5) is 12.3. The van der Waals surface area contributed by atoms with E-state index >= 15 is 0 Å². The van der Waals surface area contributed by atoms with Crippen LogP contribution in [-0.2, 0) is 17.8 Å². The van der Waals surface area contributed by atoms with Gasteiger partial charge in [0.2, 0.25) is 5.91 Å². The van der Waals surface area contributed by atoms with Gasteiger partial charge in [-0.05, 0) is 41.0 Å². The molecule has 0 atom stereocenters. The standard InChI is InChI=1S/C21H21NO2/c1-15-5-3-6-16(11-15)14-22-21(23)12-18-8-4-7-17-9-10-19(24-2)13-20(17)18/h3-11,13H,12,14H2,1-2H3,(H,22,23). The van der Waals surface area contributed by atoms with Gasteiger partial charge in [-0.15, -0.1) is 0 Å². The first-order valence-electron chi connectivity index (χ1n) is 8.03. The summed E-state index contributed by atoms with van der Waals surface area (Å²) in [7, 11) is 1.65. The topological polar surface area (TPSA) is 38.3 Å². The fourth-order valence-corrected chi connectivity index (χ4v) is 2.86. The predicted molar refractivity (Wildman–Crippen MR) is 97.2 cm³/mol. The van der Waals surface area contributed by atoms with Crippen LogP contribution >= 0.6 is 0 Å². The van der Waals surface area contributed by atoms with Crippen molar-refractivity contribution in [1.29, 1.82) is 0 Å². The SMILES string of the molecule is COc1ccc2cccc(CC(=O)NCc3cccc(C)c3)c2c1. The molecule has 0 aromatic heterocycles. The molecule has 0 fully saturated rings. The van der Waals surface area contributed by atoms with Crippen molar-refractivity contribution in [1.82, 2.24) is 5.32 Å². The number of nitrogens with one attached hydrogen (secondary N) is 1. The van der Waals surface area contributed by atoms with Crippen molar-refractivity contribution in [3.63, 3.8) is 0 Å². The van der Waals surface area contributed by atoms with Crippen LogP contribution in [0.4, 0.5) is 0 Å². The molecule has 0 unspecified atom stereocenters. The molecule has 3 rings (SSSR count). The van der Waals surface area contributed by atoms with Gasteiger partial charge in [0, 0.05) is 6.54 Å². The van der Waals surface area contributed by atoms with E-state index in [0.29, 0.717) is 13.0 Å². The maximum atomic E-state index is 12.3. The first-order chi connectivity index (χ1) is 11.7. The fraction of sp³-hybridized carbons (Fsp3) is 0.190. The Morgan fingerprint density at radius 3 is 2.67 bits per heavy atom. The first kappa shape index (κ1) is 16.1. The number of ether oxygens (including phenoxy) is 1. The molecule has 0 aliphatic carbocycles. The zero-order valence-corrected chi connectivity index (χ0v) is 14.0. The molecule has 3 aromatic carbocycles. The smallest absolute Gasteiger partial charge is 0.224 e. The lowest BCUT2D eigenvalue weighted by molar-refractivity contribution is -0.120. The molecule has 24 heavy (non-hydrogen) atoms. The number of carbonyl (C=O) groups is 1. The van der Waals surface area contributed by atoms with E-state index in [9.17, 15) is 4.79 Å². The van der Waals surface area contributed by atoms with Crippen LogP contribution in [0.3, 0.4) is 0 Å². The largest absolute Gasteiger partial charge is 0.497 e. The molecule has 0 saturated carbocycles. The number of carbonyl (C=O) groups excluding carboxylic acids is 1. The Morgan fingerprint density at radius 2 is 1.88 bits per heavy atom. The van der Waals surface area contributed by atoms with Crippen molar-refractivity contribution in [2.45, 2.75) is 19.9 Å². The Kier molecular flexibility index (Phi) is 4.80. The van der Waals surface area contributed by atoms with Crippen LogP contribution in [0, 0.1) is 6.92 Å². The zero-order chi connectivity index (χ0) is 16.9. The third kappa shape index (κ3) is 3.74. The van der Waals surface area contributed by atoms with Gasteiger partial charge >= 0.3 is 0 Å². The molecular formula is C21H21NO2. The van der Waals surface area contributed by atoms with Gasteiger partial charge in [-0.2, -0.15) is 0 Å². The van der Waals surface area contributed by atoms with Gasteiger partial charge in [0.25, 0.3) is 0 Å². The Hall–Kier alpha value is -2.81. The number of aryl methyl sites for hydroxylation is 1. The molecule has 3 heteroatoms. The second-order valence-electron chi connectivity index (χ2n) is 5.95. The third-order valence-electron chi connectivity index (χ3n) is 4.10. The van der Waals surface area contributed by atoms with Crippen LogP contribution < -0.4 is 10.1 Å². The van der Waals surface area contributed by atoms with E-state index in [1.54, 1.807) is 7.11 Å². The Morgan fingerprint density at radius 1 is 1.04 bits per heavy atom. The molecule has 0 aliphatic heterocycles. The van der Waals surface area contributed by atoms with E-state index < -0.39 is 0 Å². The highest BCUT2D eigenvalue weighted by molar-refractivity contribution is 5.91. The van der Waals surface area contributed by atoms with E-state index in [-0.39, 0.29) is 5.91 Å². The lowest BCUT2D eigenvalue weighted by Gasteiger charge is -2.10. The van der Waals surface area contributed by atoms with Gasteiger partial charge in [-0.25, -0.2) is 0 Å². The average molecular weight is 319 g/mol. The highest BCUT2D eigenvalue weighted by Crippen LogP contribution is 2.24. The van der Waals surface area contributed by atoms with Crippen molar-refractivity contribution in [2.75, 3.05) is 7.11 Å². The molecule has 0 bridgehead atoms. The lowest BCUT2D eigenvalue weighted by atomic mass is 10.0. The Balaban J connectivity index is 1.73. The lowest BCUT2D eigenvalue weighted by Crippen LogP contribution is -2.24. The summed E-state index contributed by atoms with van der Waals surface area (Å²) >= 11 is 0. The van der Waals surface area contributed by atoms with E-state index in [4.69, 9.17) is 4.74 Å². The highest BCUT2D eigenvalue weighted by atomic mass is 16.5. The number of benzene rings is 3. The summed E-state index contributed by atoms with van der Waals surface area (Å²) in [5, 5.41) is 5.17. The molecule has 1 amide bonds. The number of rotatable bonds is 5. The van der Waals surface area contributed by atoms with Gasteiger partial charge in [0.05, 0.1) is 13.5 Å². The van der Waals surface area contributed by atoms with Crippen LogP contribution in [0.2, 0.25) is 0 Å². The third-order valence-corrected chi connectivity index (χ3v) is 4.10. The van der Waals surface area contributed by atoms with Crippen molar-refractivity contribution < 1.29 is 9.53 Å². The molecular weight excluding hydrogens is 298 g/mol. The molecule has 122 valence electrons. The minimum absolute atomic E-state index is 0.0202. The molecule has 0 aliphatic rings. The van der Waals surface area contributed by atoms with Crippen molar-refractivity contribution in [2.24, 2.45) is 0 Å². The van der Waals surface area contributed by atoms with Crippen molar-refractivity contribution in [3.8, 4) is 5.75 Å². The first-order valence-corrected chi connectivity index (χ1v) is 8.03. The minimum Gasteiger partial charge on any atom is -0.497 e. The maximum absolute atomic E-state index is 12.3. The van der Waals surface area contributed by atoms with Gasteiger partial charge in [0.15, 0.2) is 0 Å². The summed E-state index contributed by atoms with van der Waals surface area (Å²) < 4.78 is 5.30. The number of fused-ring (bicyclic) bond motifs is 1. The molecule has 0 heterocycles. The maximum Gasteiger partial charge on any atom is 0.224 e. The fourth-order valence-electron chi connectivity index (χ4n) is 2.86. The van der Waals surface area contributed by atoms with Crippen LogP contribution in [-0.4, -0.2) is 13.0 Å². The normalized spacial score (nSPS) is 10.6. The van der Waals surface area contributed by atoms with Crippen LogP contribution in [0.15, 0.2) is 60.7 Å². The van der Waals surface area contributed by atoms with Crippen LogP contribution in [0.5, 0.6) is 5.75 Å². The monoisotopic (exact) mass is 319 g/mol. The number of methoxy groups -OCH3 is 1. The predicted octanol–water partition coefficient (Wildman–Crippen LogP) is 4.02. The molecule has 0 spiro atoms. The van der Waals surface area contributed by atoms with Crippen molar-refractivity contribution >= 4 is 16.7 Å². The number of hydrogen-bond donors (Lipinski definition) is 1. The van der Waals surface area contributed by atoms with Crippen LogP contribution in [0.1, 0.15) is 16.7 Å². The zero-order valence-electron chi connectivity index (χ0n) is 14.0. The average Bonchev–Trinajstić information content (AvgIpc) is 2.60. The van der Waals surface area contributed by atoms with E-state index in [0.717, 1.165) is 27.6 Å². The van der Waals surface area contributed by atoms with E-state index in [2.05, 4.69) is 24.4 Å². The quantitative estimate of drug-likeness (QED) is 0.771. The van der Waals surface area contributed by atoms with Gasteiger partial charge in [0.1, 0.15) is 5.75 Å². The van der Waals surface area contributed by atoms with Crippen molar-refractivity contribution in [3.05, 3.63) is 77.4 Å². The minimum atomic E-state index is 0.0202. The summed E-state index contributed by atoms with van der Waals surface area (Å²) in [5.74, 6) is 0.821. The van der Waals surface area contributed by atoms with E-state index in [1.165, 1.54) is 5.56 Å². The second kappa shape index (κ2) is 7.18. The summed E-state index contributed by atoms with van der Waals surface area (Å²) in [5.41, 5.74) is 3.32. The van der Waals surface area contributed by atoms with Gasteiger partial charge in [-0.3, -0.25) is 4.79 Å². The number of amides is 1. The molecule has 1 N–H and O–H groups in total. The Bertz CT molecular complexity index is 871. The van der Waals surface area contributed by atoms with E-state index in [1.807, 2.05) is 48.5 Å². The highest BCUT2D eigenvalue weighted by Gasteiger charge is 2.08. The van der Waals surface area contributed by atoms with Gasteiger partial charge < -0.3 is 10.1 Å². The molecule has 3 aromatic rings. The summed E-state index contributed by atoms with van der Waals surface area (Å²) in [6.07, 6.45) is 0.357. The second-order valence-corrected chi connectivity index (χ2v) is 5.95. The van der Waals surface area contributed by atoms with Gasteiger partial charge in [-0.1, -0.05) is 54.1 Å². The Labute approximate surface area is 142 Å². The summed E-state index contributed by atoms with van der Waals surface area (Å²) in [6.45, 7) is 2.60. The molecule has 3 nitrogen and oxygen atoms in total. The van der Waals surface area contributed by atoms with Crippen LogP contribution in [0.25, 0.3) is 10.8 Å². The summed E-state index contributed by atoms with van der Waals surface area (Å²) in [6, 6.07) is 20.1. The number of hydrogen-bond acceptors (Lipinski definition) is 2. The molecule has 0 saturated heterocycles. The molecule has 0 radical (unpaired) electrons.